The molecule has 1 fully saturated rings. The summed E-state index contributed by atoms with van der Waals surface area (Å²) in [5.41, 5.74) is 0. The molecule has 1 aliphatic rings. The highest BCUT2D eigenvalue weighted by molar-refractivity contribution is 5.93. The summed E-state index contributed by atoms with van der Waals surface area (Å²) in [7, 11) is 4.00. The number of likely N-dealkylation sites (tertiary alicyclic amines) is 1. The predicted molar refractivity (Wildman–Crippen MR) is 42.9 cm³/mol. The molecule has 0 aliphatic carbocycles. The first kappa shape index (κ1) is 8.09. The molecule has 0 radical (unpaired) electrons. The topological polar surface area (TPSA) is 23.6 Å². The van der Waals surface area contributed by atoms with E-state index in [1.807, 2.05) is 14.1 Å². The van der Waals surface area contributed by atoms with E-state index in [4.69, 9.17) is 6.42 Å². The second kappa shape index (κ2) is 2.93. The van der Waals surface area contributed by atoms with E-state index in [-0.39, 0.29) is 5.91 Å². The van der Waals surface area contributed by atoms with Gasteiger partial charge in [-0.05, 0) is 20.0 Å². The van der Waals surface area contributed by atoms with Crippen LogP contribution in [0.25, 0.3) is 0 Å². The van der Waals surface area contributed by atoms with Crippen molar-refractivity contribution >= 4 is 5.91 Å². The fourth-order valence-corrected chi connectivity index (χ4v) is 1.04. The maximum Gasteiger partial charge on any atom is 0.298 e. The minimum absolute atomic E-state index is 0.192. The number of hydrogen-bond donors (Lipinski definition) is 0. The van der Waals surface area contributed by atoms with Gasteiger partial charge in [0, 0.05) is 19.1 Å². The van der Waals surface area contributed by atoms with Crippen molar-refractivity contribution in [2.75, 3.05) is 27.2 Å². The molecule has 1 saturated heterocycles. The van der Waals surface area contributed by atoms with Gasteiger partial charge >= 0.3 is 0 Å². The summed E-state index contributed by atoms with van der Waals surface area (Å²) in [6.45, 7) is 1.55. The van der Waals surface area contributed by atoms with Gasteiger partial charge in [-0.2, -0.15) is 0 Å². The quantitative estimate of drug-likeness (QED) is 0.468. The number of hydrogen-bond acceptors (Lipinski definition) is 2. The van der Waals surface area contributed by atoms with Crippen molar-refractivity contribution in [2.24, 2.45) is 0 Å². The molecule has 0 aromatic carbocycles. The van der Waals surface area contributed by atoms with Crippen LogP contribution in [0.4, 0.5) is 0 Å². The van der Waals surface area contributed by atoms with E-state index in [0.29, 0.717) is 6.04 Å². The van der Waals surface area contributed by atoms with Crippen LogP contribution in [0, 0.1) is 12.3 Å². The molecule has 0 bridgehead atoms. The van der Waals surface area contributed by atoms with Gasteiger partial charge in [0.2, 0.25) is 0 Å². The summed E-state index contributed by atoms with van der Waals surface area (Å²) in [4.78, 5) is 14.6. The van der Waals surface area contributed by atoms with Crippen LogP contribution in [-0.2, 0) is 4.79 Å². The molecule has 1 amide bonds. The van der Waals surface area contributed by atoms with E-state index in [0.717, 1.165) is 13.1 Å². The van der Waals surface area contributed by atoms with Crippen molar-refractivity contribution in [1.82, 2.24) is 9.80 Å². The van der Waals surface area contributed by atoms with Crippen LogP contribution in [-0.4, -0.2) is 48.9 Å². The highest BCUT2D eigenvalue weighted by atomic mass is 16.2. The standard InChI is InChI=1S/C8H12N2O/c1-4-8(11)10-5-7(6-10)9(2)3/h1,7H,5-6H2,2-3H3. The van der Waals surface area contributed by atoms with Gasteiger partial charge < -0.3 is 9.80 Å². The molecule has 0 spiro atoms. The largest absolute Gasteiger partial charge is 0.329 e. The van der Waals surface area contributed by atoms with Gasteiger partial charge in [-0.25, -0.2) is 0 Å². The Balaban J connectivity index is 2.31. The van der Waals surface area contributed by atoms with Crippen molar-refractivity contribution in [1.29, 1.82) is 0 Å². The van der Waals surface area contributed by atoms with Gasteiger partial charge in [0.15, 0.2) is 0 Å². The summed E-state index contributed by atoms with van der Waals surface area (Å²) in [5.74, 6) is 1.90. The molecular weight excluding hydrogens is 140 g/mol. The van der Waals surface area contributed by atoms with E-state index in [1.165, 1.54) is 0 Å². The van der Waals surface area contributed by atoms with Crippen LogP contribution in [0.1, 0.15) is 0 Å². The normalized spacial score (nSPS) is 17.8. The van der Waals surface area contributed by atoms with Crippen LogP contribution in [0.2, 0.25) is 0 Å². The SMILES string of the molecule is C#CC(=O)N1CC(N(C)C)C1. The lowest BCUT2D eigenvalue weighted by Gasteiger charge is -2.41. The second-order valence-electron chi connectivity index (χ2n) is 2.97. The van der Waals surface area contributed by atoms with Crippen LogP contribution < -0.4 is 0 Å². The molecule has 0 unspecified atom stereocenters. The zero-order chi connectivity index (χ0) is 8.43. The van der Waals surface area contributed by atoms with E-state index >= 15 is 0 Å². The molecule has 1 heterocycles. The summed E-state index contributed by atoms with van der Waals surface area (Å²) in [6, 6.07) is 0.493. The van der Waals surface area contributed by atoms with Crippen LogP contribution in [0.5, 0.6) is 0 Å². The van der Waals surface area contributed by atoms with E-state index in [9.17, 15) is 4.79 Å². The highest BCUT2D eigenvalue weighted by Gasteiger charge is 2.30. The van der Waals surface area contributed by atoms with Crippen molar-refractivity contribution in [2.45, 2.75) is 6.04 Å². The Morgan fingerprint density at radius 2 is 2.18 bits per heavy atom. The van der Waals surface area contributed by atoms with Crippen LogP contribution in [0.3, 0.4) is 0 Å². The third-order valence-electron chi connectivity index (χ3n) is 2.00. The number of rotatable bonds is 1. The smallest absolute Gasteiger partial charge is 0.298 e. The van der Waals surface area contributed by atoms with Gasteiger partial charge in [-0.3, -0.25) is 4.79 Å². The Labute approximate surface area is 67.0 Å². The number of amides is 1. The Bertz CT molecular complexity index is 199. The lowest BCUT2D eigenvalue weighted by molar-refractivity contribution is -0.131. The molecule has 0 atom stereocenters. The van der Waals surface area contributed by atoms with Crippen molar-refractivity contribution in [3.8, 4) is 12.3 Å². The van der Waals surface area contributed by atoms with Crippen molar-refractivity contribution < 1.29 is 4.79 Å². The number of terminal acetylenes is 1. The van der Waals surface area contributed by atoms with Gasteiger partial charge in [-0.15, -0.1) is 6.42 Å². The van der Waals surface area contributed by atoms with Gasteiger partial charge in [0.05, 0.1) is 0 Å². The van der Waals surface area contributed by atoms with Gasteiger partial charge in [0.1, 0.15) is 0 Å². The Morgan fingerprint density at radius 3 is 2.55 bits per heavy atom. The molecule has 0 N–H and O–H groups in total. The Morgan fingerprint density at radius 1 is 1.64 bits per heavy atom. The third-order valence-corrected chi connectivity index (χ3v) is 2.00. The monoisotopic (exact) mass is 152 g/mol. The third kappa shape index (κ3) is 1.52. The minimum atomic E-state index is -0.192. The Kier molecular flexibility index (Phi) is 2.16. The highest BCUT2D eigenvalue weighted by Crippen LogP contribution is 2.11. The van der Waals surface area contributed by atoms with Crippen molar-refractivity contribution in [3.63, 3.8) is 0 Å². The molecule has 1 rings (SSSR count). The first-order chi connectivity index (χ1) is 5.15. The predicted octanol–water partition coefficient (Wildman–Crippen LogP) is -0.608. The van der Waals surface area contributed by atoms with E-state index < -0.39 is 0 Å². The molecular formula is C8H12N2O. The molecule has 3 nitrogen and oxygen atoms in total. The lowest BCUT2D eigenvalue weighted by atomic mass is 10.1. The van der Waals surface area contributed by atoms with Gasteiger partial charge in [0.25, 0.3) is 5.91 Å². The molecule has 0 aromatic rings. The summed E-state index contributed by atoms with van der Waals surface area (Å²) in [5, 5.41) is 0. The number of carbonyl (C=O) groups is 1. The average Bonchev–Trinajstić information content (AvgIpc) is 1.83. The number of carbonyl (C=O) groups excluding carboxylic acids is 1. The van der Waals surface area contributed by atoms with Crippen LogP contribution in [0.15, 0.2) is 0 Å². The maximum atomic E-state index is 10.8. The average molecular weight is 152 g/mol. The fourth-order valence-electron chi connectivity index (χ4n) is 1.04. The molecule has 11 heavy (non-hydrogen) atoms. The number of likely N-dealkylation sites (N-methyl/N-ethyl adjacent to an activating group) is 1. The fraction of sp³-hybridized carbons (Fsp3) is 0.625. The zero-order valence-electron chi connectivity index (χ0n) is 6.87. The second-order valence-corrected chi connectivity index (χ2v) is 2.97. The lowest BCUT2D eigenvalue weighted by Crippen LogP contribution is -2.58. The summed E-state index contributed by atoms with van der Waals surface area (Å²) in [6.07, 6.45) is 4.95. The zero-order valence-corrected chi connectivity index (χ0v) is 6.87. The minimum Gasteiger partial charge on any atom is -0.329 e. The number of nitrogens with zero attached hydrogens (tertiary/aromatic N) is 2. The molecule has 0 aromatic heterocycles. The van der Waals surface area contributed by atoms with Crippen molar-refractivity contribution in [3.05, 3.63) is 0 Å². The van der Waals surface area contributed by atoms with Crippen LogP contribution >= 0.6 is 0 Å². The maximum absolute atomic E-state index is 10.8. The summed E-state index contributed by atoms with van der Waals surface area (Å²) < 4.78 is 0. The summed E-state index contributed by atoms with van der Waals surface area (Å²) >= 11 is 0. The first-order valence-electron chi connectivity index (χ1n) is 3.57. The molecule has 60 valence electrons. The molecule has 3 heteroatoms. The molecule has 1 aliphatic heterocycles. The van der Waals surface area contributed by atoms with Gasteiger partial charge in [-0.1, -0.05) is 0 Å². The van der Waals surface area contributed by atoms with E-state index in [1.54, 1.807) is 4.90 Å². The first-order valence-corrected chi connectivity index (χ1v) is 3.57. The molecule has 0 saturated carbocycles. The van der Waals surface area contributed by atoms with E-state index in [2.05, 4.69) is 10.8 Å². The Hall–Kier alpha value is -1.01.